The SMILES string of the molecule is Cc1ccc([C@H]2c3[nH]c4ccccc4c3C[C@H]3C(=O)N(c4ccc(C(=O)NCCC(C)C)cc4)C(=O)N23)cc1. The Hall–Kier alpha value is -4.39. The highest BCUT2D eigenvalue weighted by atomic mass is 16.2. The van der Waals surface area contributed by atoms with Crippen molar-refractivity contribution in [3.8, 4) is 0 Å². The molecule has 198 valence electrons. The predicted molar refractivity (Wildman–Crippen MR) is 152 cm³/mol. The van der Waals surface area contributed by atoms with Crippen LogP contribution in [0.25, 0.3) is 10.9 Å². The third-order valence-corrected chi connectivity index (χ3v) is 7.84. The summed E-state index contributed by atoms with van der Waals surface area (Å²) >= 11 is 0. The van der Waals surface area contributed by atoms with Gasteiger partial charge in [-0.1, -0.05) is 61.9 Å². The molecule has 2 aliphatic rings. The number of amides is 4. The second kappa shape index (κ2) is 9.73. The van der Waals surface area contributed by atoms with E-state index in [2.05, 4.69) is 30.2 Å². The third kappa shape index (κ3) is 4.28. The van der Waals surface area contributed by atoms with E-state index in [1.54, 1.807) is 29.2 Å². The molecule has 0 unspecified atom stereocenters. The molecule has 39 heavy (non-hydrogen) atoms. The standard InChI is InChI=1S/C32H32N4O3/c1-19(2)16-17-33-30(37)22-12-14-23(15-13-22)35-31(38)27-18-25-24-6-4-5-7-26(24)34-28(25)29(36(27)32(35)39)21-10-8-20(3)9-11-21/h4-15,19,27,29,34H,16-18H2,1-3H3,(H,33,37)/t27-,29-/m0/s1. The van der Waals surface area contributed by atoms with E-state index in [-0.39, 0.29) is 17.8 Å². The number of anilines is 1. The molecule has 2 atom stereocenters. The second-order valence-corrected chi connectivity index (χ2v) is 10.9. The highest BCUT2D eigenvalue weighted by molar-refractivity contribution is 6.22. The topological polar surface area (TPSA) is 85.5 Å². The molecule has 0 spiro atoms. The number of nitrogens with zero attached hydrogens (tertiary/aromatic N) is 2. The molecule has 2 aliphatic heterocycles. The molecule has 4 amide bonds. The van der Waals surface area contributed by atoms with E-state index < -0.39 is 12.1 Å². The molecule has 7 nitrogen and oxygen atoms in total. The first-order valence-electron chi connectivity index (χ1n) is 13.5. The summed E-state index contributed by atoms with van der Waals surface area (Å²) in [5.74, 6) is 0.0901. The number of H-pyrrole nitrogens is 1. The van der Waals surface area contributed by atoms with Gasteiger partial charge < -0.3 is 10.3 Å². The molecule has 1 aromatic heterocycles. The normalized spacial score (nSPS) is 18.6. The van der Waals surface area contributed by atoms with Crippen molar-refractivity contribution >= 4 is 34.4 Å². The summed E-state index contributed by atoms with van der Waals surface area (Å²) in [7, 11) is 0. The Balaban J connectivity index is 1.35. The molecule has 3 aromatic carbocycles. The summed E-state index contributed by atoms with van der Waals surface area (Å²) in [6, 6.07) is 21.5. The summed E-state index contributed by atoms with van der Waals surface area (Å²) in [5.41, 5.74) is 6.07. The van der Waals surface area contributed by atoms with Crippen molar-refractivity contribution in [2.75, 3.05) is 11.4 Å². The smallest absolute Gasteiger partial charge is 0.332 e. The van der Waals surface area contributed by atoms with Gasteiger partial charge in [0.15, 0.2) is 0 Å². The monoisotopic (exact) mass is 520 g/mol. The molecule has 7 heteroatoms. The lowest BCUT2D eigenvalue weighted by Crippen LogP contribution is -2.44. The molecule has 6 rings (SSSR count). The van der Waals surface area contributed by atoms with Crippen LogP contribution in [0.1, 0.15) is 59.1 Å². The fourth-order valence-corrected chi connectivity index (χ4v) is 5.75. The van der Waals surface area contributed by atoms with Crippen LogP contribution in [-0.2, 0) is 11.2 Å². The molecule has 4 aromatic rings. The first-order valence-corrected chi connectivity index (χ1v) is 13.5. The zero-order chi connectivity index (χ0) is 27.3. The minimum absolute atomic E-state index is 0.163. The quantitative estimate of drug-likeness (QED) is 0.318. The Labute approximate surface area is 227 Å². The number of urea groups is 1. The lowest BCUT2D eigenvalue weighted by atomic mass is 9.88. The lowest BCUT2D eigenvalue weighted by Gasteiger charge is -2.36. The van der Waals surface area contributed by atoms with Crippen molar-refractivity contribution in [3.63, 3.8) is 0 Å². The highest BCUT2D eigenvalue weighted by Gasteiger charge is 2.53. The third-order valence-electron chi connectivity index (χ3n) is 7.84. The summed E-state index contributed by atoms with van der Waals surface area (Å²) in [5, 5.41) is 4.01. The zero-order valence-electron chi connectivity index (χ0n) is 22.4. The van der Waals surface area contributed by atoms with Gasteiger partial charge in [0.05, 0.1) is 5.69 Å². The first kappa shape index (κ1) is 24.9. The minimum Gasteiger partial charge on any atom is -0.356 e. The van der Waals surface area contributed by atoms with Gasteiger partial charge in [0.1, 0.15) is 12.1 Å². The molecule has 2 N–H and O–H groups in total. The van der Waals surface area contributed by atoms with Crippen LogP contribution in [0, 0.1) is 12.8 Å². The van der Waals surface area contributed by atoms with Crippen LogP contribution >= 0.6 is 0 Å². The summed E-state index contributed by atoms with van der Waals surface area (Å²) in [6.07, 6.45) is 1.34. The van der Waals surface area contributed by atoms with E-state index in [0.29, 0.717) is 30.1 Å². The van der Waals surface area contributed by atoms with Crippen molar-refractivity contribution in [1.82, 2.24) is 15.2 Å². The molecular weight excluding hydrogens is 488 g/mol. The van der Waals surface area contributed by atoms with Gasteiger partial charge in [0.25, 0.3) is 11.8 Å². The summed E-state index contributed by atoms with van der Waals surface area (Å²) in [4.78, 5) is 46.9. The Bertz CT molecular complexity index is 1570. The molecular formula is C32H32N4O3. The Morgan fingerprint density at radius 1 is 1.00 bits per heavy atom. The number of carbonyl (C=O) groups is 3. The van der Waals surface area contributed by atoms with Crippen molar-refractivity contribution in [1.29, 1.82) is 0 Å². The number of aryl methyl sites for hydroxylation is 1. The average molecular weight is 521 g/mol. The number of hydrogen-bond donors (Lipinski definition) is 2. The van der Waals surface area contributed by atoms with Gasteiger partial charge in [-0.05, 0) is 60.7 Å². The number of aromatic amines is 1. The molecule has 1 saturated heterocycles. The van der Waals surface area contributed by atoms with Gasteiger partial charge >= 0.3 is 6.03 Å². The number of rotatable bonds is 6. The van der Waals surface area contributed by atoms with E-state index in [0.717, 1.165) is 39.7 Å². The van der Waals surface area contributed by atoms with Crippen molar-refractivity contribution in [3.05, 3.63) is 101 Å². The van der Waals surface area contributed by atoms with E-state index in [9.17, 15) is 14.4 Å². The van der Waals surface area contributed by atoms with Gasteiger partial charge in [0, 0.05) is 35.1 Å². The van der Waals surface area contributed by atoms with Crippen LogP contribution in [0.5, 0.6) is 0 Å². The Morgan fingerprint density at radius 2 is 1.72 bits per heavy atom. The summed E-state index contributed by atoms with van der Waals surface area (Å²) in [6.45, 7) is 6.86. The molecule has 1 fully saturated rings. The molecule has 0 radical (unpaired) electrons. The fraction of sp³-hybridized carbons (Fsp3) is 0.281. The van der Waals surface area contributed by atoms with Gasteiger partial charge in [-0.15, -0.1) is 0 Å². The van der Waals surface area contributed by atoms with E-state index in [1.165, 1.54) is 4.90 Å². The van der Waals surface area contributed by atoms with Crippen LogP contribution in [-0.4, -0.2) is 40.3 Å². The zero-order valence-corrected chi connectivity index (χ0v) is 22.4. The van der Waals surface area contributed by atoms with Crippen molar-refractivity contribution in [2.45, 2.75) is 45.7 Å². The van der Waals surface area contributed by atoms with E-state index in [1.807, 2.05) is 49.4 Å². The van der Waals surface area contributed by atoms with Gasteiger partial charge in [-0.2, -0.15) is 0 Å². The number of nitrogens with one attached hydrogen (secondary N) is 2. The molecule has 0 aliphatic carbocycles. The number of fused-ring (bicyclic) bond motifs is 4. The van der Waals surface area contributed by atoms with Crippen molar-refractivity contribution < 1.29 is 14.4 Å². The molecule has 0 saturated carbocycles. The highest BCUT2D eigenvalue weighted by Crippen LogP contribution is 2.44. The number of hydrogen-bond acceptors (Lipinski definition) is 3. The van der Waals surface area contributed by atoms with Crippen molar-refractivity contribution in [2.24, 2.45) is 5.92 Å². The van der Waals surface area contributed by atoms with Gasteiger partial charge in [-0.25, -0.2) is 9.69 Å². The van der Waals surface area contributed by atoms with Gasteiger partial charge in [0.2, 0.25) is 0 Å². The van der Waals surface area contributed by atoms with E-state index in [4.69, 9.17) is 0 Å². The predicted octanol–water partition coefficient (Wildman–Crippen LogP) is 5.74. The molecule has 3 heterocycles. The second-order valence-electron chi connectivity index (χ2n) is 10.9. The maximum Gasteiger partial charge on any atom is 0.332 e. The van der Waals surface area contributed by atoms with Crippen LogP contribution in [0.2, 0.25) is 0 Å². The van der Waals surface area contributed by atoms with Crippen LogP contribution in [0.15, 0.2) is 72.8 Å². The number of para-hydroxylation sites is 1. The number of imide groups is 1. The number of benzene rings is 3. The maximum absolute atomic E-state index is 14.0. The van der Waals surface area contributed by atoms with E-state index >= 15 is 0 Å². The number of aromatic nitrogens is 1. The lowest BCUT2D eigenvalue weighted by molar-refractivity contribution is -0.120. The van der Waals surface area contributed by atoms with Crippen LogP contribution in [0.3, 0.4) is 0 Å². The van der Waals surface area contributed by atoms with Crippen LogP contribution < -0.4 is 10.2 Å². The van der Waals surface area contributed by atoms with Crippen LogP contribution in [0.4, 0.5) is 10.5 Å². The summed E-state index contributed by atoms with van der Waals surface area (Å²) < 4.78 is 0. The maximum atomic E-state index is 14.0. The fourth-order valence-electron chi connectivity index (χ4n) is 5.75. The first-order chi connectivity index (χ1) is 18.8. The minimum atomic E-state index is -0.616. The average Bonchev–Trinajstić information content (AvgIpc) is 3.42. The Morgan fingerprint density at radius 3 is 2.44 bits per heavy atom. The molecule has 0 bridgehead atoms. The Kier molecular flexibility index (Phi) is 6.22. The largest absolute Gasteiger partial charge is 0.356 e. The number of carbonyl (C=O) groups excluding carboxylic acids is 3. The van der Waals surface area contributed by atoms with Gasteiger partial charge in [-0.3, -0.25) is 14.5 Å².